The molecule has 0 unspecified atom stereocenters. The minimum atomic E-state index is -4.78. The second kappa shape index (κ2) is 9.16. The molecule has 1 amide bonds. The van der Waals surface area contributed by atoms with E-state index in [9.17, 15) is 18.0 Å². The summed E-state index contributed by atoms with van der Waals surface area (Å²) < 4.78 is 41.2. The molecule has 2 aromatic carbocycles. The third-order valence-electron chi connectivity index (χ3n) is 3.87. The van der Waals surface area contributed by atoms with Crippen molar-refractivity contribution in [3.63, 3.8) is 0 Å². The van der Waals surface area contributed by atoms with Gasteiger partial charge < -0.3 is 20.7 Å². The number of hydrogen-bond acceptors (Lipinski definition) is 6. The number of anilines is 5. The summed E-state index contributed by atoms with van der Waals surface area (Å²) in [6.07, 6.45) is -2.05. The van der Waals surface area contributed by atoms with E-state index >= 15 is 0 Å². The van der Waals surface area contributed by atoms with E-state index in [1.165, 1.54) is 24.3 Å². The maximum Gasteiger partial charge on any atom is 0.573 e. The first-order chi connectivity index (χ1) is 14.7. The van der Waals surface area contributed by atoms with E-state index in [1.54, 1.807) is 43.5 Å². The molecule has 160 valence electrons. The van der Waals surface area contributed by atoms with E-state index in [2.05, 4.69) is 37.2 Å². The molecule has 7 nitrogen and oxygen atoms in total. The first kappa shape index (κ1) is 21.6. The number of benzene rings is 2. The van der Waals surface area contributed by atoms with Crippen LogP contribution in [0.1, 0.15) is 5.56 Å². The number of carbonyl (C=O) groups excluding carboxylic acids is 1. The van der Waals surface area contributed by atoms with Crippen LogP contribution in [0.25, 0.3) is 0 Å². The van der Waals surface area contributed by atoms with Crippen molar-refractivity contribution in [2.75, 3.05) is 16.0 Å². The number of halogens is 3. The standard InChI is InChI=1S/C21H18F3N5O2/c1-3-18(30)26-14-6-4-7-15(10-14)27-19-13(2)12-25-20(29-19)28-16-8-5-9-17(11-16)31-21(22,23)24/h3-12H,1H2,2H3,(H,26,30)(H2,25,27,28,29). The summed E-state index contributed by atoms with van der Waals surface area (Å²) in [5.74, 6) is -0.0410. The lowest BCUT2D eigenvalue weighted by Gasteiger charge is -2.13. The van der Waals surface area contributed by atoms with Crippen molar-refractivity contribution in [1.29, 1.82) is 0 Å². The average Bonchev–Trinajstić information content (AvgIpc) is 2.70. The average molecular weight is 429 g/mol. The van der Waals surface area contributed by atoms with Gasteiger partial charge in [-0.3, -0.25) is 4.79 Å². The Kier molecular flexibility index (Phi) is 6.39. The molecule has 0 aliphatic heterocycles. The molecule has 31 heavy (non-hydrogen) atoms. The van der Waals surface area contributed by atoms with Crippen molar-refractivity contribution in [1.82, 2.24) is 9.97 Å². The van der Waals surface area contributed by atoms with E-state index < -0.39 is 6.36 Å². The Balaban J connectivity index is 1.77. The Morgan fingerprint density at radius 3 is 2.45 bits per heavy atom. The summed E-state index contributed by atoms with van der Waals surface area (Å²) in [6, 6.07) is 12.3. The van der Waals surface area contributed by atoms with Crippen molar-refractivity contribution >= 4 is 34.7 Å². The van der Waals surface area contributed by atoms with Crippen LogP contribution in [0, 0.1) is 6.92 Å². The van der Waals surface area contributed by atoms with Crippen molar-refractivity contribution in [3.05, 3.63) is 72.9 Å². The zero-order valence-electron chi connectivity index (χ0n) is 16.3. The Morgan fingerprint density at radius 2 is 1.74 bits per heavy atom. The topological polar surface area (TPSA) is 88.2 Å². The highest BCUT2D eigenvalue weighted by Crippen LogP contribution is 2.27. The van der Waals surface area contributed by atoms with Crippen molar-refractivity contribution in [3.8, 4) is 5.75 Å². The second-order valence-corrected chi connectivity index (χ2v) is 6.33. The van der Waals surface area contributed by atoms with Crippen molar-refractivity contribution in [2.45, 2.75) is 13.3 Å². The van der Waals surface area contributed by atoms with E-state index in [1.807, 2.05) is 0 Å². The van der Waals surface area contributed by atoms with Crippen LogP contribution in [0.5, 0.6) is 5.75 Å². The van der Waals surface area contributed by atoms with Gasteiger partial charge in [0.1, 0.15) is 11.6 Å². The fourth-order valence-electron chi connectivity index (χ4n) is 2.53. The SMILES string of the molecule is C=CC(=O)Nc1cccc(Nc2nc(Nc3cccc(OC(F)(F)F)c3)ncc2C)c1. The Hall–Kier alpha value is -4.08. The largest absolute Gasteiger partial charge is 0.573 e. The van der Waals surface area contributed by atoms with E-state index in [0.29, 0.717) is 22.9 Å². The molecule has 3 rings (SSSR count). The zero-order valence-corrected chi connectivity index (χ0v) is 16.3. The number of nitrogens with one attached hydrogen (secondary N) is 3. The van der Waals surface area contributed by atoms with Crippen molar-refractivity contribution < 1.29 is 22.7 Å². The van der Waals surface area contributed by atoms with Gasteiger partial charge in [-0.15, -0.1) is 13.2 Å². The predicted molar refractivity (Wildman–Crippen MR) is 112 cm³/mol. The van der Waals surface area contributed by atoms with Crippen LogP contribution >= 0.6 is 0 Å². The van der Waals surface area contributed by atoms with Gasteiger partial charge in [-0.05, 0) is 43.3 Å². The molecule has 0 saturated carbocycles. The number of ether oxygens (including phenoxy) is 1. The molecule has 3 N–H and O–H groups in total. The molecule has 0 bridgehead atoms. The number of carbonyl (C=O) groups is 1. The number of amides is 1. The number of nitrogens with zero attached hydrogens (tertiary/aromatic N) is 2. The predicted octanol–water partition coefficient (Wildman–Crippen LogP) is 5.30. The number of rotatable bonds is 7. The van der Waals surface area contributed by atoms with Gasteiger partial charge in [0.25, 0.3) is 0 Å². The number of alkyl halides is 3. The van der Waals surface area contributed by atoms with Crippen LogP contribution in [0.15, 0.2) is 67.4 Å². The van der Waals surface area contributed by atoms with E-state index in [0.717, 1.165) is 5.56 Å². The quantitative estimate of drug-likeness (QED) is 0.442. The Morgan fingerprint density at radius 1 is 1.06 bits per heavy atom. The maximum atomic E-state index is 12.4. The van der Waals surface area contributed by atoms with Gasteiger partial charge in [-0.1, -0.05) is 18.7 Å². The molecular formula is C21H18F3N5O2. The van der Waals surface area contributed by atoms with Gasteiger partial charge >= 0.3 is 6.36 Å². The fraction of sp³-hybridized carbons (Fsp3) is 0.0952. The molecule has 0 fully saturated rings. The third-order valence-corrected chi connectivity index (χ3v) is 3.87. The van der Waals surface area contributed by atoms with Gasteiger partial charge in [0.2, 0.25) is 11.9 Å². The normalized spacial score (nSPS) is 10.8. The van der Waals surface area contributed by atoms with Gasteiger partial charge in [0.15, 0.2) is 0 Å². The fourth-order valence-corrected chi connectivity index (χ4v) is 2.53. The molecule has 0 spiro atoms. The molecule has 0 radical (unpaired) electrons. The van der Waals surface area contributed by atoms with Crippen LogP contribution in [0.2, 0.25) is 0 Å². The molecule has 0 aliphatic rings. The Labute approximate surface area is 176 Å². The summed E-state index contributed by atoms with van der Waals surface area (Å²) in [5, 5.41) is 8.65. The summed E-state index contributed by atoms with van der Waals surface area (Å²) in [4.78, 5) is 20.0. The van der Waals surface area contributed by atoms with Gasteiger partial charge in [-0.25, -0.2) is 4.98 Å². The molecule has 1 heterocycles. The minimum absolute atomic E-state index is 0.174. The van der Waals surface area contributed by atoms with Crippen LogP contribution in [-0.4, -0.2) is 22.2 Å². The molecular weight excluding hydrogens is 411 g/mol. The second-order valence-electron chi connectivity index (χ2n) is 6.33. The lowest BCUT2D eigenvalue weighted by atomic mass is 10.2. The van der Waals surface area contributed by atoms with Crippen LogP contribution in [0.3, 0.4) is 0 Å². The number of hydrogen-bond donors (Lipinski definition) is 3. The Bertz CT molecular complexity index is 1100. The van der Waals surface area contributed by atoms with Gasteiger partial charge in [0, 0.05) is 34.9 Å². The highest BCUT2D eigenvalue weighted by molar-refractivity contribution is 5.99. The monoisotopic (exact) mass is 429 g/mol. The highest BCUT2D eigenvalue weighted by atomic mass is 19.4. The van der Waals surface area contributed by atoms with Gasteiger partial charge in [0.05, 0.1) is 0 Å². The minimum Gasteiger partial charge on any atom is -0.406 e. The molecule has 10 heteroatoms. The molecule has 0 aliphatic carbocycles. The summed E-state index contributed by atoms with van der Waals surface area (Å²) in [5.41, 5.74) is 2.29. The number of aryl methyl sites for hydroxylation is 1. The summed E-state index contributed by atoms with van der Waals surface area (Å²) in [6.45, 7) is 5.21. The summed E-state index contributed by atoms with van der Waals surface area (Å²) in [7, 11) is 0. The maximum absolute atomic E-state index is 12.4. The molecule has 0 saturated heterocycles. The summed E-state index contributed by atoms with van der Waals surface area (Å²) >= 11 is 0. The van der Waals surface area contributed by atoms with Crippen LogP contribution in [-0.2, 0) is 4.79 Å². The smallest absolute Gasteiger partial charge is 0.406 e. The van der Waals surface area contributed by atoms with E-state index in [-0.39, 0.29) is 17.6 Å². The lowest BCUT2D eigenvalue weighted by molar-refractivity contribution is -0.274. The zero-order chi connectivity index (χ0) is 22.4. The first-order valence-electron chi connectivity index (χ1n) is 8.99. The van der Waals surface area contributed by atoms with Gasteiger partial charge in [-0.2, -0.15) is 4.98 Å². The van der Waals surface area contributed by atoms with E-state index in [4.69, 9.17) is 0 Å². The molecule has 3 aromatic rings. The first-order valence-corrected chi connectivity index (χ1v) is 8.99. The van der Waals surface area contributed by atoms with Crippen LogP contribution in [0.4, 0.5) is 42.0 Å². The third kappa shape index (κ3) is 6.46. The van der Waals surface area contributed by atoms with Crippen molar-refractivity contribution in [2.24, 2.45) is 0 Å². The lowest BCUT2D eigenvalue weighted by Crippen LogP contribution is -2.17. The molecule has 1 aromatic heterocycles. The highest BCUT2D eigenvalue weighted by Gasteiger charge is 2.31. The number of aromatic nitrogens is 2. The van der Waals surface area contributed by atoms with Crippen LogP contribution < -0.4 is 20.7 Å². The molecule has 0 atom stereocenters.